The summed E-state index contributed by atoms with van der Waals surface area (Å²) in [7, 11) is -2.33. The third kappa shape index (κ3) is 8.32. The SMILES string of the molecule is CC(C)(C)[Si](C)(C)O[C@@H](Cc1ccccc1OCc1ccnc(OCC(F)(F)F)n1)C(=O)O. The zero-order valence-corrected chi connectivity index (χ0v) is 20.3. The average molecular weight is 487 g/mol. The molecule has 33 heavy (non-hydrogen) atoms. The molecule has 0 aliphatic heterocycles. The molecule has 0 radical (unpaired) electrons. The predicted octanol–water partition coefficient (Wildman–Crippen LogP) is 5.01. The van der Waals surface area contributed by atoms with Crippen molar-refractivity contribution in [1.29, 1.82) is 0 Å². The van der Waals surface area contributed by atoms with Crippen LogP contribution in [0, 0.1) is 0 Å². The lowest BCUT2D eigenvalue weighted by Gasteiger charge is -2.38. The summed E-state index contributed by atoms with van der Waals surface area (Å²) in [5.41, 5.74) is 0.940. The lowest BCUT2D eigenvalue weighted by molar-refractivity contribution is -0.154. The number of aromatic nitrogens is 2. The number of ether oxygens (including phenoxy) is 2. The van der Waals surface area contributed by atoms with Crippen LogP contribution in [0.5, 0.6) is 11.8 Å². The monoisotopic (exact) mass is 486 g/mol. The highest BCUT2D eigenvalue weighted by atomic mass is 28.4. The van der Waals surface area contributed by atoms with E-state index >= 15 is 0 Å². The molecule has 7 nitrogen and oxygen atoms in total. The van der Waals surface area contributed by atoms with Crippen LogP contribution in [-0.2, 0) is 22.2 Å². The molecule has 1 aromatic heterocycles. The third-order valence-electron chi connectivity index (χ3n) is 5.33. The van der Waals surface area contributed by atoms with E-state index in [1.165, 1.54) is 12.3 Å². The first-order valence-corrected chi connectivity index (χ1v) is 13.2. The van der Waals surface area contributed by atoms with Crippen molar-refractivity contribution in [3.63, 3.8) is 0 Å². The molecule has 0 aliphatic carbocycles. The predicted molar refractivity (Wildman–Crippen MR) is 118 cm³/mol. The Balaban J connectivity index is 2.12. The molecule has 0 bridgehead atoms. The van der Waals surface area contributed by atoms with Gasteiger partial charge in [-0.05, 0) is 35.8 Å². The van der Waals surface area contributed by atoms with Crippen molar-refractivity contribution in [2.75, 3.05) is 6.61 Å². The van der Waals surface area contributed by atoms with Gasteiger partial charge in [-0.25, -0.2) is 9.78 Å². The number of nitrogens with zero attached hydrogens (tertiary/aromatic N) is 2. The van der Waals surface area contributed by atoms with Gasteiger partial charge in [-0.1, -0.05) is 39.0 Å². The van der Waals surface area contributed by atoms with Crippen molar-refractivity contribution in [3.8, 4) is 11.8 Å². The Labute approximate surface area is 192 Å². The van der Waals surface area contributed by atoms with E-state index in [-0.39, 0.29) is 18.1 Å². The Morgan fingerprint density at radius 2 is 1.79 bits per heavy atom. The van der Waals surface area contributed by atoms with Gasteiger partial charge < -0.3 is 19.0 Å². The topological polar surface area (TPSA) is 90.8 Å². The Morgan fingerprint density at radius 1 is 1.12 bits per heavy atom. The van der Waals surface area contributed by atoms with Gasteiger partial charge in [0, 0.05) is 12.6 Å². The van der Waals surface area contributed by atoms with Crippen LogP contribution in [-0.4, -0.2) is 48.2 Å². The standard InChI is InChI=1S/C22H29F3N2O5Si/c1-21(2,3)33(4,5)32-18(19(28)29)12-15-8-6-7-9-17(15)30-13-16-10-11-26-20(27-16)31-14-22(23,24)25/h6-11,18H,12-14H2,1-5H3,(H,28,29)/t18-/m0/s1. The van der Waals surface area contributed by atoms with Gasteiger partial charge in [-0.15, -0.1) is 0 Å². The summed E-state index contributed by atoms with van der Waals surface area (Å²) in [6.45, 7) is 8.50. The van der Waals surface area contributed by atoms with Crippen LogP contribution in [0.4, 0.5) is 13.2 Å². The largest absolute Gasteiger partial charge is 0.487 e. The molecule has 0 fully saturated rings. The maximum absolute atomic E-state index is 12.3. The van der Waals surface area contributed by atoms with E-state index in [0.29, 0.717) is 17.0 Å². The van der Waals surface area contributed by atoms with Gasteiger partial charge in [-0.2, -0.15) is 18.2 Å². The number of halogens is 3. The molecule has 0 amide bonds. The molecule has 0 aliphatic rings. The van der Waals surface area contributed by atoms with E-state index in [1.54, 1.807) is 24.3 Å². The average Bonchev–Trinajstić information content (AvgIpc) is 2.70. The first-order valence-electron chi connectivity index (χ1n) is 10.3. The minimum Gasteiger partial charge on any atom is -0.487 e. The second kappa shape index (κ2) is 10.5. The summed E-state index contributed by atoms with van der Waals surface area (Å²) in [5.74, 6) is -0.629. The van der Waals surface area contributed by atoms with E-state index in [9.17, 15) is 23.1 Å². The molecule has 1 aromatic carbocycles. The molecule has 1 heterocycles. The maximum atomic E-state index is 12.3. The number of alkyl halides is 3. The number of carboxylic acids is 1. The molecular formula is C22H29F3N2O5Si. The smallest absolute Gasteiger partial charge is 0.422 e. The molecule has 2 rings (SSSR count). The van der Waals surface area contributed by atoms with Gasteiger partial charge in [-0.3, -0.25) is 0 Å². The number of benzene rings is 1. The number of hydrogen-bond acceptors (Lipinski definition) is 6. The van der Waals surface area contributed by atoms with Gasteiger partial charge in [0.25, 0.3) is 0 Å². The molecule has 11 heteroatoms. The van der Waals surface area contributed by atoms with Crippen LogP contribution in [0.1, 0.15) is 32.0 Å². The van der Waals surface area contributed by atoms with Gasteiger partial charge in [0.2, 0.25) is 0 Å². The Hall–Kier alpha value is -2.66. The van der Waals surface area contributed by atoms with E-state index < -0.39 is 39.2 Å². The fourth-order valence-electron chi connectivity index (χ4n) is 2.55. The van der Waals surface area contributed by atoms with Crippen molar-refractivity contribution in [2.24, 2.45) is 0 Å². The first kappa shape index (κ1) is 26.6. The summed E-state index contributed by atoms with van der Waals surface area (Å²) >= 11 is 0. The highest BCUT2D eigenvalue weighted by molar-refractivity contribution is 6.74. The zero-order chi connectivity index (χ0) is 24.9. The van der Waals surface area contributed by atoms with E-state index in [0.717, 1.165) is 0 Å². The molecule has 0 unspecified atom stereocenters. The highest BCUT2D eigenvalue weighted by Crippen LogP contribution is 2.38. The number of aliphatic carboxylic acids is 1. The van der Waals surface area contributed by atoms with Crippen LogP contribution >= 0.6 is 0 Å². The molecule has 1 atom stereocenters. The fourth-order valence-corrected chi connectivity index (χ4v) is 3.80. The van der Waals surface area contributed by atoms with Crippen LogP contribution < -0.4 is 9.47 Å². The van der Waals surface area contributed by atoms with E-state index in [4.69, 9.17) is 9.16 Å². The highest BCUT2D eigenvalue weighted by Gasteiger charge is 2.41. The van der Waals surface area contributed by atoms with Crippen molar-refractivity contribution in [1.82, 2.24) is 9.97 Å². The molecule has 0 saturated heterocycles. The fraction of sp³-hybridized carbons (Fsp3) is 0.500. The number of carboxylic acid groups (broad SMARTS) is 1. The first-order chi connectivity index (χ1) is 15.2. The second-order valence-corrected chi connectivity index (χ2v) is 13.8. The zero-order valence-electron chi connectivity index (χ0n) is 19.3. The summed E-state index contributed by atoms with van der Waals surface area (Å²) in [5, 5.41) is 9.59. The molecule has 0 saturated carbocycles. The van der Waals surface area contributed by atoms with Crippen molar-refractivity contribution >= 4 is 14.3 Å². The lowest BCUT2D eigenvalue weighted by Crippen LogP contribution is -2.46. The molecule has 1 N–H and O–H groups in total. The number of carbonyl (C=O) groups is 1. The number of rotatable bonds is 10. The van der Waals surface area contributed by atoms with E-state index in [2.05, 4.69) is 14.7 Å². The third-order valence-corrected chi connectivity index (χ3v) is 9.81. The van der Waals surface area contributed by atoms with Gasteiger partial charge in [0.05, 0.1) is 5.69 Å². The Bertz CT molecular complexity index is 948. The maximum Gasteiger partial charge on any atom is 0.422 e. The molecule has 182 valence electrons. The van der Waals surface area contributed by atoms with Crippen LogP contribution in [0.3, 0.4) is 0 Å². The molecule has 2 aromatic rings. The molecule has 0 spiro atoms. The second-order valence-electron chi connectivity index (χ2n) is 9.04. The number of para-hydroxylation sites is 1. The quantitative estimate of drug-likeness (QED) is 0.472. The minimum absolute atomic E-state index is 0.0667. The lowest BCUT2D eigenvalue weighted by atomic mass is 10.1. The van der Waals surface area contributed by atoms with Crippen LogP contribution in [0.2, 0.25) is 18.1 Å². The van der Waals surface area contributed by atoms with Crippen LogP contribution in [0.15, 0.2) is 36.5 Å². The summed E-state index contributed by atoms with van der Waals surface area (Å²) in [6.07, 6.45) is -4.17. The van der Waals surface area contributed by atoms with Crippen molar-refractivity contribution in [3.05, 3.63) is 47.8 Å². The van der Waals surface area contributed by atoms with Gasteiger partial charge in [0.1, 0.15) is 18.5 Å². The van der Waals surface area contributed by atoms with Crippen LogP contribution in [0.25, 0.3) is 0 Å². The molecular weight excluding hydrogens is 457 g/mol. The van der Waals surface area contributed by atoms with Crippen molar-refractivity contribution in [2.45, 2.75) is 64.2 Å². The Kier molecular flexibility index (Phi) is 8.47. The normalized spacial score (nSPS) is 13.5. The van der Waals surface area contributed by atoms with Crippen molar-refractivity contribution < 1.29 is 37.0 Å². The van der Waals surface area contributed by atoms with Gasteiger partial charge in [0.15, 0.2) is 14.9 Å². The van der Waals surface area contributed by atoms with E-state index in [1.807, 2.05) is 33.9 Å². The minimum atomic E-state index is -4.50. The summed E-state index contributed by atoms with van der Waals surface area (Å²) in [6, 6.07) is 8.02. The van der Waals surface area contributed by atoms with Gasteiger partial charge >= 0.3 is 18.2 Å². The summed E-state index contributed by atoms with van der Waals surface area (Å²) in [4.78, 5) is 19.5. The number of hydrogen-bond donors (Lipinski definition) is 1. The Morgan fingerprint density at radius 3 is 2.39 bits per heavy atom. The summed E-state index contributed by atoms with van der Waals surface area (Å²) < 4.78 is 53.5.